The van der Waals surface area contributed by atoms with E-state index < -0.39 is 17.8 Å². The number of hydrogen-bond donors (Lipinski definition) is 1. The van der Waals surface area contributed by atoms with Crippen LogP contribution in [0, 0.1) is 6.92 Å². The lowest BCUT2D eigenvalue weighted by atomic mass is 9.89. The van der Waals surface area contributed by atoms with Gasteiger partial charge in [-0.2, -0.15) is 13.2 Å². The molecule has 0 radical (unpaired) electrons. The number of benzene rings is 2. The molecule has 3 aromatic rings. The van der Waals surface area contributed by atoms with Gasteiger partial charge in [0.05, 0.1) is 25.4 Å². The molecule has 1 aromatic heterocycles. The van der Waals surface area contributed by atoms with Crippen molar-refractivity contribution in [1.82, 2.24) is 4.98 Å². The molecule has 0 unspecified atom stereocenters. The Hall–Kier alpha value is -3.43. The summed E-state index contributed by atoms with van der Waals surface area (Å²) in [5.74, 6) is -0.637. The molecule has 2 aliphatic rings. The van der Waals surface area contributed by atoms with Gasteiger partial charge in [0.15, 0.2) is 0 Å². The van der Waals surface area contributed by atoms with Gasteiger partial charge in [0.25, 0.3) is 5.91 Å². The van der Waals surface area contributed by atoms with E-state index in [0.717, 1.165) is 53.2 Å². The average Bonchev–Trinajstić information content (AvgIpc) is 2.88. The molecule has 2 aromatic carbocycles. The smallest absolute Gasteiger partial charge is 0.377 e. The molecule has 9 heteroatoms. The Morgan fingerprint density at radius 1 is 1.17 bits per heavy atom. The molecule has 0 spiro atoms. The number of carbonyl (C=O) groups excluding carboxylic acids is 1. The molecule has 3 heterocycles. The summed E-state index contributed by atoms with van der Waals surface area (Å²) >= 11 is 0. The van der Waals surface area contributed by atoms with Crippen LogP contribution in [0.5, 0.6) is 0 Å². The van der Waals surface area contributed by atoms with Crippen molar-refractivity contribution >= 4 is 17.3 Å². The number of morpholine rings is 1. The van der Waals surface area contributed by atoms with Gasteiger partial charge in [-0.05, 0) is 53.9 Å². The minimum atomic E-state index is -4.62. The third-order valence-corrected chi connectivity index (χ3v) is 6.80. The average molecular weight is 498 g/mol. The molecular formula is C27H26F3N3O3. The molecule has 1 saturated heterocycles. The molecule has 1 fully saturated rings. The summed E-state index contributed by atoms with van der Waals surface area (Å²) in [5, 5.41) is 2.72. The maximum Gasteiger partial charge on any atom is 0.433 e. The second kappa shape index (κ2) is 9.55. The predicted molar refractivity (Wildman–Crippen MR) is 130 cm³/mol. The van der Waals surface area contributed by atoms with Crippen molar-refractivity contribution in [3.8, 4) is 11.1 Å². The number of amides is 1. The molecular weight excluding hydrogens is 471 g/mol. The Bertz CT molecular complexity index is 1290. The minimum absolute atomic E-state index is 0.00864. The highest BCUT2D eigenvalue weighted by molar-refractivity contribution is 6.04. The number of aryl methyl sites for hydroxylation is 1. The topological polar surface area (TPSA) is 63.7 Å². The van der Waals surface area contributed by atoms with Crippen molar-refractivity contribution < 1.29 is 27.4 Å². The monoisotopic (exact) mass is 497 g/mol. The lowest BCUT2D eigenvalue weighted by molar-refractivity contribution is -0.141. The zero-order valence-corrected chi connectivity index (χ0v) is 19.9. The first kappa shape index (κ1) is 24.3. The van der Waals surface area contributed by atoms with E-state index >= 15 is 0 Å². The van der Waals surface area contributed by atoms with Crippen molar-refractivity contribution in [3.63, 3.8) is 0 Å². The van der Waals surface area contributed by atoms with Crippen LogP contribution >= 0.6 is 0 Å². The van der Waals surface area contributed by atoms with Crippen LogP contribution < -0.4 is 10.2 Å². The molecule has 2 aliphatic heterocycles. The number of methoxy groups -OCH3 is 1. The van der Waals surface area contributed by atoms with E-state index in [2.05, 4.69) is 27.3 Å². The second-order valence-electron chi connectivity index (χ2n) is 9.07. The maximum absolute atomic E-state index is 13.0. The van der Waals surface area contributed by atoms with Crippen LogP contribution in [-0.2, 0) is 15.7 Å². The zero-order valence-electron chi connectivity index (χ0n) is 19.9. The predicted octanol–water partition coefficient (Wildman–Crippen LogP) is 5.62. The number of alkyl halides is 3. The van der Waals surface area contributed by atoms with Crippen molar-refractivity contribution in [2.45, 2.75) is 31.7 Å². The molecule has 6 nitrogen and oxygen atoms in total. The summed E-state index contributed by atoms with van der Waals surface area (Å²) in [5.41, 5.74) is 4.43. The van der Waals surface area contributed by atoms with Crippen molar-refractivity contribution in [2.24, 2.45) is 0 Å². The van der Waals surface area contributed by atoms with Crippen LogP contribution in [0.25, 0.3) is 11.1 Å². The number of aromatic nitrogens is 1. The summed E-state index contributed by atoms with van der Waals surface area (Å²) < 4.78 is 50.5. The molecule has 188 valence electrons. The highest BCUT2D eigenvalue weighted by atomic mass is 19.4. The summed E-state index contributed by atoms with van der Waals surface area (Å²) in [4.78, 5) is 18.4. The van der Waals surface area contributed by atoms with Crippen LogP contribution in [0.15, 0.2) is 54.7 Å². The summed E-state index contributed by atoms with van der Waals surface area (Å²) in [7, 11) is 1.72. The summed E-state index contributed by atoms with van der Waals surface area (Å²) in [6, 6.07) is 14.0. The number of halogens is 3. The lowest BCUT2D eigenvalue weighted by Gasteiger charge is -2.44. The van der Waals surface area contributed by atoms with Crippen LogP contribution in [0.4, 0.5) is 24.5 Å². The van der Waals surface area contributed by atoms with E-state index in [4.69, 9.17) is 9.47 Å². The number of nitrogens with one attached hydrogen (secondary N) is 1. The van der Waals surface area contributed by atoms with E-state index in [9.17, 15) is 18.0 Å². The number of ether oxygens (including phenoxy) is 2. The summed E-state index contributed by atoms with van der Waals surface area (Å²) in [6.07, 6.45) is -2.78. The number of hydrogen-bond acceptors (Lipinski definition) is 5. The summed E-state index contributed by atoms with van der Waals surface area (Å²) in [6.45, 7) is 4.12. The van der Waals surface area contributed by atoms with Gasteiger partial charge >= 0.3 is 6.18 Å². The van der Waals surface area contributed by atoms with E-state index in [0.29, 0.717) is 18.9 Å². The highest BCUT2D eigenvalue weighted by Crippen LogP contribution is 2.42. The normalized spacial score (nSPS) is 19.4. The second-order valence-corrected chi connectivity index (χ2v) is 9.07. The van der Waals surface area contributed by atoms with E-state index in [1.807, 2.05) is 25.1 Å². The SMILES string of the molecule is CO[C@@H]1C[C@@H]2COCCN2c2cc(-c3cc(NC(=O)c4ccnc(C(F)(F)F)c4)ccc3C)ccc21. The van der Waals surface area contributed by atoms with Gasteiger partial charge in [0.2, 0.25) is 0 Å². The molecule has 1 amide bonds. The molecule has 5 rings (SSSR count). The van der Waals surface area contributed by atoms with Crippen LogP contribution in [0.2, 0.25) is 0 Å². The number of fused-ring (bicyclic) bond motifs is 3. The van der Waals surface area contributed by atoms with Crippen LogP contribution in [0.1, 0.15) is 39.7 Å². The Kier molecular flexibility index (Phi) is 6.44. The molecule has 0 bridgehead atoms. The quantitative estimate of drug-likeness (QED) is 0.507. The molecule has 0 saturated carbocycles. The first-order valence-electron chi connectivity index (χ1n) is 11.7. The first-order valence-corrected chi connectivity index (χ1v) is 11.7. The van der Waals surface area contributed by atoms with Gasteiger partial charge in [-0.15, -0.1) is 0 Å². The largest absolute Gasteiger partial charge is 0.433 e. The van der Waals surface area contributed by atoms with E-state index in [1.165, 1.54) is 6.07 Å². The van der Waals surface area contributed by atoms with E-state index in [-0.39, 0.29) is 17.7 Å². The number of rotatable bonds is 4. The third kappa shape index (κ3) is 4.68. The maximum atomic E-state index is 13.0. The number of carbonyl (C=O) groups is 1. The molecule has 1 N–H and O–H groups in total. The molecule has 0 aliphatic carbocycles. The lowest BCUT2D eigenvalue weighted by Crippen LogP contribution is -2.49. The van der Waals surface area contributed by atoms with Crippen molar-refractivity contribution in [3.05, 3.63) is 77.1 Å². The van der Waals surface area contributed by atoms with Gasteiger partial charge in [-0.25, -0.2) is 0 Å². The van der Waals surface area contributed by atoms with Crippen LogP contribution in [-0.4, -0.2) is 43.8 Å². The van der Waals surface area contributed by atoms with Gasteiger partial charge in [-0.1, -0.05) is 18.2 Å². The molecule has 36 heavy (non-hydrogen) atoms. The van der Waals surface area contributed by atoms with Crippen LogP contribution in [0.3, 0.4) is 0 Å². The minimum Gasteiger partial charge on any atom is -0.377 e. The zero-order chi connectivity index (χ0) is 25.4. The van der Waals surface area contributed by atoms with Gasteiger partial charge in [0.1, 0.15) is 5.69 Å². The highest BCUT2D eigenvalue weighted by Gasteiger charge is 2.35. The fourth-order valence-corrected chi connectivity index (χ4v) is 4.94. The Morgan fingerprint density at radius 2 is 2.00 bits per heavy atom. The Balaban J connectivity index is 1.45. The molecule has 2 atom stereocenters. The Morgan fingerprint density at radius 3 is 2.78 bits per heavy atom. The number of anilines is 2. The van der Waals surface area contributed by atoms with Crippen molar-refractivity contribution in [2.75, 3.05) is 37.1 Å². The fraction of sp³-hybridized carbons (Fsp3) is 0.333. The first-order chi connectivity index (χ1) is 17.2. The van der Waals surface area contributed by atoms with E-state index in [1.54, 1.807) is 13.2 Å². The number of pyridine rings is 1. The van der Waals surface area contributed by atoms with Gasteiger partial charge < -0.3 is 19.7 Å². The Labute approximate surface area is 207 Å². The number of nitrogens with zero attached hydrogens (tertiary/aromatic N) is 2. The third-order valence-electron chi connectivity index (χ3n) is 6.80. The van der Waals surface area contributed by atoms with Crippen molar-refractivity contribution in [1.29, 1.82) is 0 Å². The fourth-order valence-electron chi connectivity index (χ4n) is 4.94. The van der Waals surface area contributed by atoms with Gasteiger partial charge in [0, 0.05) is 48.8 Å². The van der Waals surface area contributed by atoms with Gasteiger partial charge in [-0.3, -0.25) is 9.78 Å². The standard InChI is InChI=1S/C27H26F3N3O3/c1-16-3-5-19(32-26(34)18-7-8-31-25(12-18)27(28,29)30)13-22(16)17-4-6-21-23(11-17)33-9-10-36-15-20(33)14-24(21)35-2/h3-8,11-13,20,24H,9-10,14-15H2,1-2H3,(H,32,34)/t20-,24-/m1/s1.